The summed E-state index contributed by atoms with van der Waals surface area (Å²) < 4.78 is 81.1. The number of halogens is 6. The van der Waals surface area contributed by atoms with E-state index in [2.05, 4.69) is 9.72 Å². The lowest BCUT2D eigenvalue weighted by molar-refractivity contribution is -0.188. The number of carbonyl (C=O) groups excluding carboxylic acids is 1. The Bertz CT molecular complexity index is 626. The van der Waals surface area contributed by atoms with E-state index >= 15 is 0 Å². The zero-order valence-corrected chi connectivity index (χ0v) is 12.0. The predicted octanol–water partition coefficient (Wildman–Crippen LogP) is 3.12. The smallest absolute Gasteiger partial charge is 0.471 e. The highest BCUT2D eigenvalue weighted by atomic mass is 19.4. The summed E-state index contributed by atoms with van der Waals surface area (Å²) in [6.45, 7) is 0.944. The van der Waals surface area contributed by atoms with E-state index in [9.17, 15) is 31.1 Å². The monoisotopic (exact) mass is 342 g/mol. The van der Waals surface area contributed by atoms with Gasteiger partial charge in [-0.05, 0) is 25.0 Å². The minimum Gasteiger partial charge on any atom is -0.481 e. The van der Waals surface area contributed by atoms with Crippen LogP contribution in [0, 0.1) is 0 Å². The second kappa shape index (κ2) is 5.57. The zero-order valence-electron chi connectivity index (χ0n) is 12.0. The second-order valence-electron chi connectivity index (χ2n) is 5.01. The fourth-order valence-electron chi connectivity index (χ4n) is 2.49. The Morgan fingerprint density at radius 1 is 1.30 bits per heavy atom. The van der Waals surface area contributed by atoms with Gasteiger partial charge in [0.15, 0.2) is 0 Å². The molecule has 10 heteroatoms. The average Bonchev–Trinajstić information content (AvgIpc) is 2.44. The summed E-state index contributed by atoms with van der Waals surface area (Å²) in [5.41, 5.74) is -0.975. The van der Waals surface area contributed by atoms with Crippen LogP contribution in [-0.2, 0) is 17.4 Å². The number of alkyl halides is 6. The van der Waals surface area contributed by atoms with Crippen molar-refractivity contribution in [3.63, 3.8) is 0 Å². The van der Waals surface area contributed by atoms with Crippen molar-refractivity contribution >= 4 is 5.91 Å². The van der Waals surface area contributed by atoms with Crippen LogP contribution < -0.4 is 4.74 Å². The Morgan fingerprint density at radius 2 is 1.91 bits per heavy atom. The van der Waals surface area contributed by atoms with Crippen LogP contribution in [0.1, 0.15) is 29.8 Å². The maximum Gasteiger partial charge on any atom is 0.471 e. The molecule has 1 aliphatic rings. The first-order valence-electron chi connectivity index (χ1n) is 6.49. The fraction of sp³-hybridized carbons (Fsp3) is 0.538. The fourth-order valence-corrected chi connectivity index (χ4v) is 2.49. The molecule has 4 nitrogen and oxygen atoms in total. The molecule has 0 radical (unpaired) electrons. The summed E-state index contributed by atoms with van der Waals surface area (Å²) in [4.78, 5) is 15.6. The van der Waals surface area contributed by atoms with Crippen LogP contribution in [0.4, 0.5) is 26.3 Å². The molecule has 0 aliphatic carbocycles. The van der Waals surface area contributed by atoms with Gasteiger partial charge in [0, 0.05) is 6.54 Å². The molecule has 1 amide bonds. The molecule has 0 aromatic carbocycles. The summed E-state index contributed by atoms with van der Waals surface area (Å²) >= 11 is 0. The van der Waals surface area contributed by atoms with E-state index in [1.54, 1.807) is 0 Å². The van der Waals surface area contributed by atoms with Gasteiger partial charge in [-0.3, -0.25) is 4.79 Å². The molecule has 0 N–H and O–H groups in total. The van der Waals surface area contributed by atoms with Crippen molar-refractivity contribution in [3.05, 3.63) is 22.9 Å². The third-order valence-electron chi connectivity index (χ3n) is 3.59. The summed E-state index contributed by atoms with van der Waals surface area (Å²) in [5, 5.41) is 0. The molecular weight excluding hydrogens is 330 g/mol. The van der Waals surface area contributed by atoms with Gasteiger partial charge in [-0.25, -0.2) is 4.98 Å². The van der Waals surface area contributed by atoms with Crippen LogP contribution in [-0.4, -0.2) is 35.6 Å². The van der Waals surface area contributed by atoms with Crippen molar-refractivity contribution in [2.45, 2.75) is 31.7 Å². The molecule has 1 aromatic heterocycles. The van der Waals surface area contributed by atoms with Gasteiger partial charge in [0.1, 0.15) is 5.56 Å². The molecule has 1 aromatic rings. The van der Waals surface area contributed by atoms with Crippen LogP contribution >= 0.6 is 0 Å². The Balaban J connectivity index is 2.46. The molecule has 1 atom stereocenters. The molecule has 0 spiro atoms. The number of aromatic nitrogens is 1. The summed E-state index contributed by atoms with van der Waals surface area (Å²) in [6.07, 6.45) is -9.90. The third-order valence-corrected chi connectivity index (χ3v) is 3.59. The molecule has 2 heterocycles. The van der Waals surface area contributed by atoms with Gasteiger partial charge in [-0.2, -0.15) is 26.3 Å². The van der Waals surface area contributed by atoms with Crippen molar-refractivity contribution in [1.82, 2.24) is 9.88 Å². The predicted molar refractivity (Wildman–Crippen MR) is 65.7 cm³/mol. The van der Waals surface area contributed by atoms with Crippen LogP contribution in [0.5, 0.6) is 5.88 Å². The van der Waals surface area contributed by atoms with E-state index in [0.717, 1.165) is 13.2 Å². The van der Waals surface area contributed by atoms with Crippen LogP contribution in [0.2, 0.25) is 0 Å². The standard InChI is InChI=1S/C13H12F6N2O2/c1-6-9-7(3-4-21(6)11(22)13(17,18)19)5-8(12(14,15)16)10(20-9)23-2/h5-6H,3-4H2,1-2H3/t6-/m0/s1. The zero-order chi connectivity index (χ0) is 17.6. The number of ether oxygens (including phenoxy) is 1. The maximum absolute atomic E-state index is 12.9. The quantitative estimate of drug-likeness (QED) is 0.737. The maximum atomic E-state index is 12.9. The first-order chi connectivity index (χ1) is 10.5. The van der Waals surface area contributed by atoms with Crippen LogP contribution in [0.3, 0.4) is 0 Å². The number of hydrogen-bond donors (Lipinski definition) is 0. The van der Waals surface area contributed by atoms with Crippen molar-refractivity contribution < 1.29 is 35.9 Å². The number of pyridine rings is 1. The Hall–Kier alpha value is -2.00. The van der Waals surface area contributed by atoms with E-state index < -0.39 is 35.7 Å². The lowest BCUT2D eigenvalue weighted by Crippen LogP contribution is -2.46. The molecule has 0 fully saturated rings. The molecule has 0 saturated carbocycles. The van der Waals surface area contributed by atoms with Gasteiger partial charge in [-0.1, -0.05) is 0 Å². The molecule has 0 bridgehead atoms. The summed E-state index contributed by atoms with van der Waals surface area (Å²) in [5.74, 6) is -2.78. The molecule has 128 valence electrons. The van der Waals surface area contributed by atoms with Crippen LogP contribution in [0.25, 0.3) is 0 Å². The first-order valence-corrected chi connectivity index (χ1v) is 6.49. The number of carbonyl (C=O) groups is 1. The van der Waals surface area contributed by atoms with Crippen molar-refractivity contribution in [3.8, 4) is 5.88 Å². The van der Waals surface area contributed by atoms with Gasteiger partial charge in [-0.15, -0.1) is 0 Å². The lowest BCUT2D eigenvalue weighted by atomic mass is 9.97. The molecular formula is C13H12F6N2O2. The number of rotatable bonds is 1. The minimum absolute atomic E-state index is 0.0290. The number of methoxy groups -OCH3 is 1. The van der Waals surface area contributed by atoms with Gasteiger partial charge >= 0.3 is 18.3 Å². The minimum atomic E-state index is -5.05. The second-order valence-corrected chi connectivity index (χ2v) is 5.01. The Morgan fingerprint density at radius 3 is 2.39 bits per heavy atom. The third kappa shape index (κ3) is 3.20. The van der Waals surface area contributed by atoms with Crippen molar-refractivity contribution in [1.29, 1.82) is 0 Å². The highest BCUT2D eigenvalue weighted by Gasteiger charge is 2.46. The average molecular weight is 342 g/mol. The topological polar surface area (TPSA) is 42.4 Å². The molecule has 23 heavy (non-hydrogen) atoms. The van der Waals surface area contributed by atoms with Gasteiger partial charge in [0.2, 0.25) is 5.88 Å². The van der Waals surface area contributed by atoms with Crippen molar-refractivity contribution in [2.24, 2.45) is 0 Å². The van der Waals surface area contributed by atoms with E-state index in [-0.39, 0.29) is 24.2 Å². The van der Waals surface area contributed by atoms with Gasteiger partial charge < -0.3 is 9.64 Å². The lowest BCUT2D eigenvalue weighted by Gasteiger charge is -2.35. The molecule has 1 aliphatic heterocycles. The van der Waals surface area contributed by atoms with E-state index in [4.69, 9.17) is 0 Å². The summed E-state index contributed by atoms with van der Waals surface area (Å²) in [6, 6.07) is -0.295. The molecule has 0 saturated heterocycles. The van der Waals surface area contributed by atoms with E-state index in [1.807, 2.05) is 0 Å². The van der Waals surface area contributed by atoms with Crippen LogP contribution in [0.15, 0.2) is 6.07 Å². The highest BCUT2D eigenvalue weighted by molar-refractivity contribution is 5.82. The number of amides is 1. The highest BCUT2D eigenvalue weighted by Crippen LogP contribution is 2.40. The first kappa shape index (κ1) is 17.4. The number of fused-ring (bicyclic) bond motifs is 1. The Kier molecular flexibility index (Phi) is 4.20. The Labute approximate surface area is 127 Å². The van der Waals surface area contributed by atoms with E-state index in [0.29, 0.717) is 4.90 Å². The number of nitrogens with zero attached hydrogens (tertiary/aromatic N) is 2. The summed E-state index contributed by atoms with van der Waals surface area (Å²) in [7, 11) is 0.982. The van der Waals surface area contributed by atoms with E-state index in [1.165, 1.54) is 6.92 Å². The largest absolute Gasteiger partial charge is 0.481 e. The van der Waals surface area contributed by atoms with Crippen molar-refractivity contribution in [2.75, 3.05) is 13.7 Å². The SMILES string of the molecule is COc1nc2c(cc1C(F)(F)F)CCN(C(=O)C(F)(F)F)[C@H]2C. The number of hydrogen-bond acceptors (Lipinski definition) is 3. The molecule has 2 rings (SSSR count). The van der Waals surface area contributed by atoms with Gasteiger partial charge in [0.05, 0.1) is 18.8 Å². The normalized spacial score (nSPS) is 18.6. The van der Waals surface area contributed by atoms with Gasteiger partial charge in [0.25, 0.3) is 0 Å². The molecule has 0 unspecified atom stereocenters.